The lowest BCUT2D eigenvalue weighted by atomic mass is 10.1. The van der Waals surface area contributed by atoms with Crippen molar-refractivity contribution in [3.05, 3.63) is 64.2 Å². The Labute approximate surface area is 186 Å². The second kappa shape index (κ2) is 8.22. The fourth-order valence-corrected chi connectivity index (χ4v) is 4.58. The van der Waals surface area contributed by atoms with E-state index in [0.29, 0.717) is 11.3 Å². The molecule has 0 radical (unpaired) electrons. The summed E-state index contributed by atoms with van der Waals surface area (Å²) in [6.07, 6.45) is 5.17. The maximum Gasteiger partial charge on any atom is 0.272 e. The third kappa shape index (κ3) is 3.68. The van der Waals surface area contributed by atoms with Crippen LogP contribution < -0.4 is 5.56 Å². The van der Waals surface area contributed by atoms with Gasteiger partial charge in [-0.25, -0.2) is 9.50 Å². The van der Waals surface area contributed by atoms with Crippen molar-refractivity contribution in [1.82, 2.24) is 24.5 Å². The van der Waals surface area contributed by atoms with Gasteiger partial charge in [-0.3, -0.25) is 9.59 Å². The van der Waals surface area contributed by atoms with E-state index in [1.165, 1.54) is 18.9 Å². The minimum Gasteiger partial charge on any atom is -0.335 e. The first kappa shape index (κ1) is 20.4. The molecule has 32 heavy (non-hydrogen) atoms. The van der Waals surface area contributed by atoms with Crippen LogP contribution in [0.3, 0.4) is 0 Å². The van der Waals surface area contributed by atoms with Gasteiger partial charge < -0.3 is 9.88 Å². The van der Waals surface area contributed by atoms with Crippen molar-refractivity contribution in [3.8, 4) is 11.3 Å². The number of nitrogens with zero attached hydrogens (tertiary/aromatic N) is 4. The van der Waals surface area contributed by atoms with Crippen molar-refractivity contribution in [2.45, 2.75) is 52.0 Å². The van der Waals surface area contributed by atoms with Crippen molar-refractivity contribution in [2.75, 3.05) is 6.54 Å². The van der Waals surface area contributed by atoms with Crippen LogP contribution in [-0.4, -0.2) is 43.0 Å². The molecule has 1 N–H and O–H groups in total. The third-order valence-electron chi connectivity index (χ3n) is 6.42. The van der Waals surface area contributed by atoms with E-state index in [-0.39, 0.29) is 17.5 Å². The Hall–Kier alpha value is -3.48. The van der Waals surface area contributed by atoms with Crippen LogP contribution in [0.1, 0.15) is 55.7 Å². The minimum atomic E-state index is -0.120. The Bertz CT molecular complexity index is 1370. The quantitative estimate of drug-likeness (QED) is 0.529. The molecule has 5 rings (SSSR count). The Morgan fingerprint density at radius 3 is 2.84 bits per heavy atom. The number of aromatic amines is 1. The highest BCUT2D eigenvalue weighted by Gasteiger charge is 2.25. The fourth-order valence-electron chi connectivity index (χ4n) is 4.58. The Morgan fingerprint density at radius 2 is 2.00 bits per heavy atom. The molecule has 3 aromatic heterocycles. The summed E-state index contributed by atoms with van der Waals surface area (Å²) in [7, 11) is 0. The second-order valence-electron chi connectivity index (χ2n) is 8.61. The van der Waals surface area contributed by atoms with Crippen LogP contribution in [0, 0.1) is 0 Å². The molecule has 1 unspecified atom stereocenters. The molecule has 0 aliphatic carbocycles. The average Bonchev–Trinajstić information content (AvgIpc) is 3.12. The number of carbonyl (C=O) groups is 1. The number of pyridine rings is 1. The van der Waals surface area contributed by atoms with E-state index in [4.69, 9.17) is 10.1 Å². The summed E-state index contributed by atoms with van der Waals surface area (Å²) in [5.41, 5.74) is 4.51. The minimum absolute atomic E-state index is 0.00834. The van der Waals surface area contributed by atoms with Crippen molar-refractivity contribution >= 4 is 22.5 Å². The Kier molecular flexibility index (Phi) is 5.25. The van der Waals surface area contributed by atoms with Crippen LogP contribution in [0.15, 0.2) is 47.3 Å². The lowest BCUT2D eigenvalue weighted by Crippen LogP contribution is -2.38. The Morgan fingerprint density at radius 1 is 1.12 bits per heavy atom. The number of benzene rings is 1. The first-order valence-corrected chi connectivity index (χ1v) is 11.4. The molecular weight excluding hydrogens is 402 g/mol. The van der Waals surface area contributed by atoms with E-state index in [0.717, 1.165) is 53.7 Å². The number of likely N-dealkylation sites (tertiary alicyclic amines) is 1. The van der Waals surface area contributed by atoms with Gasteiger partial charge in [0.25, 0.3) is 5.91 Å². The zero-order valence-corrected chi connectivity index (χ0v) is 18.5. The van der Waals surface area contributed by atoms with Crippen LogP contribution in [0.5, 0.6) is 0 Å². The number of carbonyl (C=O) groups excluding carboxylic acids is 1. The van der Waals surface area contributed by atoms with Gasteiger partial charge >= 0.3 is 0 Å². The molecule has 1 fully saturated rings. The van der Waals surface area contributed by atoms with E-state index >= 15 is 0 Å². The van der Waals surface area contributed by atoms with Gasteiger partial charge in [0.1, 0.15) is 5.69 Å². The van der Waals surface area contributed by atoms with Crippen LogP contribution in [-0.2, 0) is 6.42 Å². The number of H-pyrrole nitrogens is 1. The maximum absolute atomic E-state index is 13.3. The molecule has 164 valence electrons. The van der Waals surface area contributed by atoms with Crippen LogP contribution >= 0.6 is 0 Å². The smallest absolute Gasteiger partial charge is 0.272 e. The average molecular weight is 430 g/mol. The molecular formula is C25H27N5O2. The number of hydrogen-bond acceptors (Lipinski definition) is 4. The van der Waals surface area contributed by atoms with Crippen molar-refractivity contribution in [3.63, 3.8) is 0 Å². The van der Waals surface area contributed by atoms with E-state index in [1.54, 1.807) is 0 Å². The molecule has 0 spiro atoms. The van der Waals surface area contributed by atoms with Gasteiger partial charge in [0.2, 0.25) is 5.56 Å². The SMILES string of the molecule is CCc1cc(C(=O)N2CCCCCC2C)nc2cc(-c3ccc4[nH]c(=O)ccc4c3)nn12. The number of aryl methyl sites for hydroxylation is 1. The zero-order chi connectivity index (χ0) is 22.2. The van der Waals surface area contributed by atoms with Crippen LogP contribution in [0.4, 0.5) is 0 Å². The van der Waals surface area contributed by atoms with Gasteiger partial charge in [-0.15, -0.1) is 0 Å². The van der Waals surface area contributed by atoms with E-state index in [1.807, 2.05) is 45.8 Å². The highest BCUT2D eigenvalue weighted by Crippen LogP contribution is 2.25. The predicted octanol–water partition coefficient (Wildman–Crippen LogP) is 4.20. The summed E-state index contributed by atoms with van der Waals surface area (Å²) < 4.78 is 1.83. The predicted molar refractivity (Wildman–Crippen MR) is 125 cm³/mol. The number of nitrogens with one attached hydrogen (secondary N) is 1. The molecule has 0 bridgehead atoms. The summed E-state index contributed by atoms with van der Waals surface area (Å²) in [6.45, 7) is 4.98. The normalized spacial score (nSPS) is 17.1. The van der Waals surface area contributed by atoms with Gasteiger partial charge in [-0.05, 0) is 55.8 Å². The van der Waals surface area contributed by atoms with E-state index in [9.17, 15) is 9.59 Å². The summed E-state index contributed by atoms with van der Waals surface area (Å²) in [5.74, 6) is 0.00834. The molecule has 1 amide bonds. The Balaban J connectivity index is 1.56. The second-order valence-corrected chi connectivity index (χ2v) is 8.61. The molecule has 7 nitrogen and oxygen atoms in total. The van der Waals surface area contributed by atoms with Crippen molar-refractivity contribution in [2.24, 2.45) is 0 Å². The molecule has 1 aliphatic rings. The number of hydrogen-bond donors (Lipinski definition) is 1. The molecule has 1 atom stereocenters. The fraction of sp³-hybridized carbons (Fsp3) is 0.360. The largest absolute Gasteiger partial charge is 0.335 e. The van der Waals surface area contributed by atoms with Crippen LogP contribution in [0.2, 0.25) is 0 Å². The van der Waals surface area contributed by atoms with Gasteiger partial charge in [0, 0.05) is 41.5 Å². The summed E-state index contributed by atoms with van der Waals surface area (Å²) in [6, 6.07) is 13.2. The first-order valence-electron chi connectivity index (χ1n) is 11.4. The third-order valence-corrected chi connectivity index (χ3v) is 6.42. The van der Waals surface area contributed by atoms with Gasteiger partial charge in [-0.2, -0.15) is 5.10 Å². The van der Waals surface area contributed by atoms with Crippen molar-refractivity contribution < 1.29 is 4.79 Å². The molecule has 7 heteroatoms. The van der Waals surface area contributed by atoms with Gasteiger partial charge in [0.05, 0.1) is 5.69 Å². The molecule has 4 heterocycles. The molecule has 1 aromatic carbocycles. The molecule has 4 aromatic rings. The molecule has 1 saturated heterocycles. The lowest BCUT2D eigenvalue weighted by Gasteiger charge is -2.27. The van der Waals surface area contributed by atoms with Crippen molar-refractivity contribution in [1.29, 1.82) is 0 Å². The number of fused-ring (bicyclic) bond motifs is 2. The first-order chi connectivity index (χ1) is 15.5. The molecule has 0 saturated carbocycles. The van der Waals surface area contributed by atoms with Gasteiger partial charge in [-0.1, -0.05) is 25.8 Å². The molecule has 1 aliphatic heterocycles. The maximum atomic E-state index is 13.3. The summed E-state index contributed by atoms with van der Waals surface area (Å²) in [4.78, 5) is 34.4. The zero-order valence-electron chi connectivity index (χ0n) is 18.5. The number of amides is 1. The van der Waals surface area contributed by atoms with Gasteiger partial charge in [0.15, 0.2) is 5.65 Å². The highest BCUT2D eigenvalue weighted by molar-refractivity contribution is 5.93. The topological polar surface area (TPSA) is 83.4 Å². The summed E-state index contributed by atoms with van der Waals surface area (Å²) >= 11 is 0. The lowest BCUT2D eigenvalue weighted by molar-refractivity contribution is 0.0692. The summed E-state index contributed by atoms with van der Waals surface area (Å²) in [5, 5.41) is 5.72. The number of aromatic nitrogens is 4. The monoisotopic (exact) mass is 429 g/mol. The standard InChI is InChI=1S/C25H27N5O2/c1-3-19-14-22(25(32)29-12-6-4-5-7-16(29)2)26-23-15-21(28-30(19)23)18-8-10-20-17(13-18)9-11-24(31)27-20/h8-11,13-16H,3-7,12H2,1-2H3,(H,27,31). The number of rotatable bonds is 3. The highest BCUT2D eigenvalue weighted by atomic mass is 16.2. The van der Waals surface area contributed by atoms with E-state index < -0.39 is 0 Å². The van der Waals surface area contributed by atoms with Crippen LogP contribution in [0.25, 0.3) is 27.8 Å². The van der Waals surface area contributed by atoms with E-state index in [2.05, 4.69) is 18.8 Å².